The molecular formula is C15H18ClN3. The van der Waals surface area contributed by atoms with Crippen molar-refractivity contribution in [2.75, 3.05) is 0 Å². The van der Waals surface area contributed by atoms with Gasteiger partial charge in [-0.15, -0.1) is 10.2 Å². The molecule has 0 amide bonds. The molecule has 1 aromatic heterocycles. The zero-order valence-electron chi connectivity index (χ0n) is 11.1. The van der Waals surface area contributed by atoms with E-state index in [0.29, 0.717) is 11.3 Å². The van der Waals surface area contributed by atoms with Gasteiger partial charge in [-0.05, 0) is 43.2 Å². The second-order valence-corrected chi connectivity index (χ2v) is 5.78. The first-order valence-corrected chi connectivity index (χ1v) is 7.29. The van der Waals surface area contributed by atoms with Gasteiger partial charge in [-0.3, -0.25) is 4.57 Å². The van der Waals surface area contributed by atoms with Gasteiger partial charge >= 0.3 is 0 Å². The van der Waals surface area contributed by atoms with Gasteiger partial charge in [0.25, 0.3) is 0 Å². The second kappa shape index (κ2) is 5.33. The fourth-order valence-corrected chi connectivity index (χ4v) is 3.14. The topological polar surface area (TPSA) is 30.7 Å². The lowest BCUT2D eigenvalue weighted by Gasteiger charge is -2.28. The summed E-state index contributed by atoms with van der Waals surface area (Å²) in [5, 5.41) is 8.84. The number of nitrogens with zero attached hydrogens (tertiary/aromatic N) is 3. The van der Waals surface area contributed by atoms with Crippen LogP contribution in [0, 0.1) is 5.92 Å². The number of halogens is 1. The van der Waals surface area contributed by atoms with Crippen molar-refractivity contribution >= 4 is 11.6 Å². The third kappa shape index (κ3) is 2.52. The second-order valence-electron chi connectivity index (χ2n) is 5.44. The molecule has 1 aliphatic rings. The summed E-state index contributed by atoms with van der Waals surface area (Å²) in [5.74, 6) is 1.72. The molecule has 1 aliphatic carbocycles. The summed E-state index contributed by atoms with van der Waals surface area (Å²) in [6.07, 6.45) is 4.85. The van der Waals surface area contributed by atoms with Crippen LogP contribution in [-0.4, -0.2) is 14.8 Å². The Bertz CT molecular complexity index is 542. The van der Waals surface area contributed by atoms with E-state index in [1.54, 1.807) is 0 Å². The minimum atomic E-state index is 0.439. The van der Waals surface area contributed by atoms with E-state index in [2.05, 4.69) is 33.8 Å². The molecule has 0 N–H and O–H groups in total. The van der Waals surface area contributed by atoms with Crippen LogP contribution in [0.5, 0.6) is 0 Å². The van der Waals surface area contributed by atoms with E-state index in [1.165, 1.54) is 25.7 Å². The first-order chi connectivity index (χ1) is 9.25. The van der Waals surface area contributed by atoms with E-state index >= 15 is 0 Å². The van der Waals surface area contributed by atoms with Crippen LogP contribution in [0.1, 0.15) is 38.6 Å². The average molecular weight is 276 g/mol. The van der Waals surface area contributed by atoms with Crippen molar-refractivity contribution in [1.29, 1.82) is 0 Å². The molecular weight excluding hydrogens is 258 g/mol. The highest BCUT2D eigenvalue weighted by atomic mass is 35.5. The van der Waals surface area contributed by atoms with Crippen molar-refractivity contribution in [1.82, 2.24) is 14.8 Å². The van der Waals surface area contributed by atoms with Gasteiger partial charge in [0, 0.05) is 11.6 Å². The Morgan fingerprint density at radius 2 is 1.74 bits per heavy atom. The molecule has 0 bridgehead atoms. The minimum absolute atomic E-state index is 0.439. The third-order valence-electron chi connectivity index (χ3n) is 4.04. The number of benzene rings is 1. The van der Waals surface area contributed by atoms with Crippen LogP contribution < -0.4 is 0 Å². The molecule has 1 heterocycles. The molecule has 0 radical (unpaired) electrons. The summed E-state index contributed by atoms with van der Waals surface area (Å²) in [7, 11) is 0. The summed E-state index contributed by atoms with van der Waals surface area (Å²) in [5.41, 5.74) is 1.08. The Balaban J connectivity index is 1.95. The van der Waals surface area contributed by atoms with Crippen LogP contribution in [0.15, 0.2) is 30.3 Å². The van der Waals surface area contributed by atoms with E-state index in [-0.39, 0.29) is 0 Å². The Kier molecular flexibility index (Phi) is 3.56. The average Bonchev–Trinajstić information content (AvgIpc) is 2.83. The number of rotatable bonds is 2. The minimum Gasteiger partial charge on any atom is -0.295 e. The molecule has 1 saturated carbocycles. The van der Waals surface area contributed by atoms with Crippen molar-refractivity contribution in [3.8, 4) is 11.4 Å². The van der Waals surface area contributed by atoms with E-state index in [1.807, 2.05) is 18.2 Å². The molecule has 100 valence electrons. The Morgan fingerprint density at radius 3 is 2.42 bits per heavy atom. The first kappa shape index (κ1) is 12.7. The van der Waals surface area contributed by atoms with E-state index < -0.39 is 0 Å². The smallest absolute Gasteiger partial charge is 0.225 e. The summed E-state index contributed by atoms with van der Waals surface area (Å²) >= 11 is 6.25. The van der Waals surface area contributed by atoms with Gasteiger partial charge in [0.05, 0.1) is 0 Å². The zero-order chi connectivity index (χ0) is 13.2. The molecule has 0 atom stereocenters. The molecule has 2 aromatic rings. The van der Waals surface area contributed by atoms with E-state index in [0.717, 1.165) is 17.3 Å². The number of aromatic nitrogens is 3. The summed E-state index contributed by atoms with van der Waals surface area (Å²) in [6.45, 7) is 2.32. The molecule has 3 nitrogen and oxygen atoms in total. The highest BCUT2D eigenvalue weighted by Gasteiger charge is 2.24. The Hall–Kier alpha value is -1.35. The SMILES string of the molecule is CC1CCC(n2c(Cl)nnc2-c2ccccc2)CC1. The van der Waals surface area contributed by atoms with Crippen LogP contribution in [-0.2, 0) is 0 Å². The monoisotopic (exact) mass is 275 g/mol. The number of hydrogen-bond acceptors (Lipinski definition) is 2. The molecule has 3 rings (SSSR count). The van der Waals surface area contributed by atoms with E-state index in [4.69, 9.17) is 11.6 Å². The largest absolute Gasteiger partial charge is 0.295 e. The van der Waals surface area contributed by atoms with Crippen LogP contribution in [0.25, 0.3) is 11.4 Å². The molecule has 19 heavy (non-hydrogen) atoms. The van der Waals surface area contributed by atoms with Crippen LogP contribution in [0.3, 0.4) is 0 Å². The maximum Gasteiger partial charge on any atom is 0.225 e. The van der Waals surface area contributed by atoms with Gasteiger partial charge in [0.15, 0.2) is 5.82 Å². The quantitative estimate of drug-likeness (QED) is 0.816. The molecule has 0 saturated heterocycles. The van der Waals surface area contributed by atoms with Crippen molar-refractivity contribution in [3.63, 3.8) is 0 Å². The first-order valence-electron chi connectivity index (χ1n) is 6.91. The lowest BCUT2D eigenvalue weighted by atomic mass is 9.87. The highest BCUT2D eigenvalue weighted by Crippen LogP contribution is 2.36. The van der Waals surface area contributed by atoms with Gasteiger partial charge in [-0.2, -0.15) is 0 Å². The molecule has 0 aliphatic heterocycles. The molecule has 1 fully saturated rings. The zero-order valence-corrected chi connectivity index (χ0v) is 11.8. The molecule has 1 aromatic carbocycles. The van der Waals surface area contributed by atoms with Gasteiger partial charge in [0.1, 0.15) is 0 Å². The van der Waals surface area contributed by atoms with Crippen LogP contribution in [0.4, 0.5) is 0 Å². The van der Waals surface area contributed by atoms with Crippen molar-refractivity contribution in [3.05, 3.63) is 35.6 Å². The van der Waals surface area contributed by atoms with Crippen LogP contribution in [0.2, 0.25) is 5.28 Å². The fraction of sp³-hybridized carbons (Fsp3) is 0.467. The predicted octanol–water partition coefficient (Wildman–Crippen LogP) is 4.35. The maximum atomic E-state index is 6.25. The predicted molar refractivity (Wildman–Crippen MR) is 77.1 cm³/mol. The lowest BCUT2D eigenvalue weighted by molar-refractivity contribution is 0.291. The fourth-order valence-electron chi connectivity index (χ4n) is 2.88. The van der Waals surface area contributed by atoms with Gasteiger partial charge in [0.2, 0.25) is 5.28 Å². The van der Waals surface area contributed by atoms with Crippen molar-refractivity contribution < 1.29 is 0 Å². The van der Waals surface area contributed by atoms with E-state index in [9.17, 15) is 0 Å². The standard InChI is InChI=1S/C15H18ClN3/c1-11-7-9-13(10-8-11)19-14(17-18-15(19)16)12-5-3-2-4-6-12/h2-6,11,13H,7-10H2,1H3. The van der Waals surface area contributed by atoms with Crippen LogP contribution >= 0.6 is 11.6 Å². The maximum absolute atomic E-state index is 6.25. The van der Waals surface area contributed by atoms with Crippen molar-refractivity contribution in [2.24, 2.45) is 5.92 Å². The normalized spacial score (nSPS) is 23.5. The third-order valence-corrected chi connectivity index (χ3v) is 4.29. The van der Waals surface area contributed by atoms with Crippen molar-refractivity contribution in [2.45, 2.75) is 38.6 Å². The molecule has 4 heteroatoms. The summed E-state index contributed by atoms with van der Waals surface area (Å²) in [4.78, 5) is 0. The molecule has 0 unspecified atom stereocenters. The summed E-state index contributed by atoms with van der Waals surface area (Å²) < 4.78 is 2.11. The number of hydrogen-bond donors (Lipinski definition) is 0. The Labute approximate surface area is 118 Å². The molecule has 0 spiro atoms. The summed E-state index contributed by atoms with van der Waals surface area (Å²) in [6, 6.07) is 10.6. The van der Waals surface area contributed by atoms with Gasteiger partial charge in [-0.1, -0.05) is 37.3 Å². The van der Waals surface area contributed by atoms with Gasteiger partial charge < -0.3 is 0 Å². The Morgan fingerprint density at radius 1 is 1.05 bits per heavy atom. The van der Waals surface area contributed by atoms with Gasteiger partial charge in [-0.25, -0.2) is 0 Å². The highest BCUT2D eigenvalue weighted by molar-refractivity contribution is 6.28. The lowest BCUT2D eigenvalue weighted by Crippen LogP contribution is -2.17.